The molecule has 1 saturated heterocycles. The van der Waals surface area contributed by atoms with E-state index in [2.05, 4.69) is 5.16 Å². The molecule has 0 aliphatic carbocycles. The monoisotopic (exact) mass is 290 g/mol. The van der Waals surface area contributed by atoms with Crippen LogP contribution in [-0.4, -0.2) is 40.6 Å². The van der Waals surface area contributed by atoms with E-state index in [1.54, 1.807) is 4.90 Å². The van der Waals surface area contributed by atoms with Gasteiger partial charge in [0.05, 0.1) is 5.71 Å². The van der Waals surface area contributed by atoms with Crippen molar-refractivity contribution in [2.45, 2.75) is 32.8 Å². The van der Waals surface area contributed by atoms with Gasteiger partial charge in [0.15, 0.2) is 0 Å². The highest BCUT2D eigenvalue weighted by Gasteiger charge is 2.33. The standard InChI is InChI=1S/C16H22N2O3/c1-16(2,3)21-15(19)18-10-9-13(11-18)14(17-20)12-7-5-4-6-8-12/h4-8,13,20H,9-11H2,1-3H3/b17-14-/t13-/m1/s1. The molecular formula is C16H22N2O3. The third-order valence-corrected chi connectivity index (χ3v) is 3.40. The van der Waals surface area contributed by atoms with Gasteiger partial charge in [-0.25, -0.2) is 4.79 Å². The topological polar surface area (TPSA) is 62.1 Å². The lowest BCUT2D eigenvalue weighted by molar-refractivity contribution is 0.0292. The Morgan fingerprint density at radius 2 is 2.00 bits per heavy atom. The minimum atomic E-state index is -0.498. The van der Waals surface area contributed by atoms with Crippen LogP contribution >= 0.6 is 0 Å². The number of oxime groups is 1. The Morgan fingerprint density at radius 3 is 2.57 bits per heavy atom. The zero-order valence-electron chi connectivity index (χ0n) is 12.7. The molecule has 21 heavy (non-hydrogen) atoms. The molecule has 0 unspecified atom stereocenters. The molecule has 0 radical (unpaired) electrons. The van der Waals surface area contributed by atoms with E-state index in [1.165, 1.54) is 0 Å². The van der Waals surface area contributed by atoms with Crippen molar-refractivity contribution >= 4 is 11.8 Å². The molecule has 0 aromatic heterocycles. The highest BCUT2D eigenvalue weighted by Crippen LogP contribution is 2.23. The molecule has 5 heteroatoms. The van der Waals surface area contributed by atoms with E-state index >= 15 is 0 Å². The Bertz CT molecular complexity index is 520. The van der Waals surface area contributed by atoms with Crippen molar-refractivity contribution in [1.29, 1.82) is 0 Å². The van der Waals surface area contributed by atoms with Gasteiger partial charge in [0.2, 0.25) is 0 Å². The van der Waals surface area contributed by atoms with E-state index in [0.29, 0.717) is 18.8 Å². The van der Waals surface area contributed by atoms with Crippen molar-refractivity contribution < 1.29 is 14.7 Å². The Labute approximate surface area is 125 Å². The van der Waals surface area contributed by atoms with E-state index in [0.717, 1.165) is 12.0 Å². The van der Waals surface area contributed by atoms with Crippen LogP contribution in [0.5, 0.6) is 0 Å². The third kappa shape index (κ3) is 3.97. The average molecular weight is 290 g/mol. The SMILES string of the molecule is CC(C)(C)OC(=O)N1CC[C@@H](/C(=N\O)c2ccccc2)C1. The first-order valence-electron chi connectivity index (χ1n) is 7.16. The summed E-state index contributed by atoms with van der Waals surface area (Å²) in [5, 5.41) is 12.8. The van der Waals surface area contributed by atoms with E-state index in [4.69, 9.17) is 4.74 Å². The number of carbonyl (C=O) groups excluding carboxylic acids is 1. The van der Waals surface area contributed by atoms with Crippen LogP contribution in [0.3, 0.4) is 0 Å². The summed E-state index contributed by atoms with van der Waals surface area (Å²) in [6.07, 6.45) is 0.461. The zero-order valence-corrected chi connectivity index (χ0v) is 12.7. The molecule has 1 atom stereocenters. The summed E-state index contributed by atoms with van der Waals surface area (Å²) in [6, 6.07) is 9.54. The van der Waals surface area contributed by atoms with Crippen LogP contribution < -0.4 is 0 Å². The zero-order chi connectivity index (χ0) is 15.5. The molecule has 114 valence electrons. The molecule has 5 nitrogen and oxygen atoms in total. The maximum atomic E-state index is 12.1. The predicted octanol–water partition coefficient (Wildman–Crippen LogP) is 3.12. The first kappa shape index (κ1) is 15.4. The van der Waals surface area contributed by atoms with Gasteiger partial charge in [0, 0.05) is 19.0 Å². The van der Waals surface area contributed by atoms with Gasteiger partial charge in [-0.1, -0.05) is 35.5 Å². The lowest BCUT2D eigenvalue weighted by atomic mass is 9.96. The summed E-state index contributed by atoms with van der Waals surface area (Å²) in [7, 11) is 0. The number of amides is 1. The van der Waals surface area contributed by atoms with Gasteiger partial charge in [-0.15, -0.1) is 0 Å². The van der Waals surface area contributed by atoms with E-state index in [1.807, 2.05) is 51.1 Å². The van der Waals surface area contributed by atoms with Crippen molar-refractivity contribution in [1.82, 2.24) is 4.90 Å². The van der Waals surface area contributed by atoms with Crippen LogP contribution in [-0.2, 0) is 4.74 Å². The van der Waals surface area contributed by atoms with Crippen molar-refractivity contribution in [2.24, 2.45) is 11.1 Å². The number of nitrogens with zero attached hydrogens (tertiary/aromatic N) is 2. The Hall–Kier alpha value is -2.04. The summed E-state index contributed by atoms with van der Waals surface area (Å²) in [4.78, 5) is 13.7. The van der Waals surface area contributed by atoms with Crippen molar-refractivity contribution in [2.75, 3.05) is 13.1 Å². The van der Waals surface area contributed by atoms with Gasteiger partial charge >= 0.3 is 6.09 Å². The van der Waals surface area contributed by atoms with Crippen LogP contribution in [0.25, 0.3) is 0 Å². The van der Waals surface area contributed by atoms with Gasteiger partial charge in [0.25, 0.3) is 0 Å². The summed E-state index contributed by atoms with van der Waals surface area (Å²) in [6.45, 7) is 6.68. The minimum absolute atomic E-state index is 0.0323. The molecule has 1 aromatic carbocycles. The molecule has 1 heterocycles. The summed E-state index contributed by atoms with van der Waals surface area (Å²) >= 11 is 0. The van der Waals surface area contributed by atoms with Crippen molar-refractivity contribution in [3.63, 3.8) is 0 Å². The molecule has 1 aromatic rings. The minimum Gasteiger partial charge on any atom is -0.444 e. The maximum absolute atomic E-state index is 12.1. The van der Waals surface area contributed by atoms with Gasteiger partial charge in [0.1, 0.15) is 5.60 Å². The van der Waals surface area contributed by atoms with Crippen LogP contribution in [0.15, 0.2) is 35.5 Å². The Morgan fingerprint density at radius 1 is 1.33 bits per heavy atom. The van der Waals surface area contributed by atoms with Crippen molar-refractivity contribution in [3.8, 4) is 0 Å². The second-order valence-corrected chi connectivity index (χ2v) is 6.26. The summed E-state index contributed by atoms with van der Waals surface area (Å²) < 4.78 is 5.37. The number of benzene rings is 1. The first-order valence-corrected chi connectivity index (χ1v) is 7.16. The highest BCUT2D eigenvalue weighted by atomic mass is 16.6. The molecular weight excluding hydrogens is 268 g/mol. The molecule has 1 fully saturated rings. The van der Waals surface area contributed by atoms with E-state index in [9.17, 15) is 10.0 Å². The molecule has 1 N–H and O–H groups in total. The number of hydrogen-bond donors (Lipinski definition) is 1. The molecule has 0 saturated carbocycles. The first-order chi connectivity index (χ1) is 9.90. The number of hydrogen-bond acceptors (Lipinski definition) is 4. The van der Waals surface area contributed by atoms with Crippen molar-refractivity contribution in [3.05, 3.63) is 35.9 Å². The Balaban J connectivity index is 2.03. The van der Waals surface area contributed by atoms with Crippen LogP contribution in [0.4, 0.5) is 4.79 Å². The molecule has 2 rings (SSSR count). The third-order valence-electron chi connectivity index (χ3n) is 3.40. The molecule has 1 aliphatic heterocycles. The second kappa shape index (κ2) is 6.16. The highest BCUT2D eigenvalue weighted by molar-refractivity contribution is 6.02. The predicted molar refractivity (Wildman–Crippen MR) is 80.7 cm³/mol. The smallest absolute Gasteiger partial charge is 0.410 e. The van der Waals surface area contributed by atoms with E-state index < -0.39 is 5.60 Å². The quantitative estimate of drug-likeness (QED) is 0.517. The largest absolute Gasteiger partial charge is 0.444 e. The van der Waals surface area contributed by atoms with Crippen LogP contribution in [0.2, 0.25) is 0 Å². The molecule has 1 amide bonds. The fraction of sp³-hybridized carbons (Fsp3) is 0.500. The van der Waals surface area contributed by atoms with Crippen LogP contribution in [0.1, 0.15) is 32.8 Å². The fourth-order valence-corrected chi connectivity index (χ4v) is 2.46. The summed E-state index contributed by atoms with van der Waals surface area (Å²) in [5.41, 5.74) is 1.01. The second-order valence-electron chi connectivity index (χ2n) is 6.26. The average Bonchev–Trinajstić information content (AvgIpc) is 2.89. The molecule has 0 bridgehead atoms. The number of rotatable bonds is 2. The van der Waals surface area contributed by atoms with Gasteiger partial charge in [-0.3, -0.25) is 0 Å². The molecule has 1 aliphatic rings. The normalized spacial score (nSPS) is 19.7. The summed E-state index contributed by atoms with van der Waals surface area (Å²) in [5.74, 6) is 0.0323. The number of likely N-dealkylation sites (tertiary alicyclic amines) is 1. The van der Waals surface area contributed by atoms with Gasteiger partial charge < -0.3 is 14.8 Å². The number of carbonyl (C=O) groups is 1. The van der Waals surface area contributed by atoms with Gasteiger partial charge in [-0.05, 0) is 32.8 Å². The molecule has 0 spiro atoms. The van der Waals surface area contributed by atoms with E-state index in [-0.39, 0.29) is 12.0 Å². The van der Waals surface area contributed by atoms with Crippen LogP contribution in [0, 0.1) is 5.92 Å². The number of ether oxygens (including phenoxy) is 1. The van der Waals surface area contributed by atoms with Gasteiger partial charge in [-0.2, -0.15) is 0 Å². The maximum Gasteiger partial charge on any atom is 0.410 e. The lowest BCUT2D eigenvalue weighted by Crippen LogP contribution is -2.36. The fourth-order valence-electron chi connectivity index (χ4n) is 2.46. The lowest BCUT2D eigenvalue weighted by Gasteiger charge is -2.24. The Kier molecular flexibility index (Phi) is 4.50.